The highest BCUT2D eigenvalue weighted by atomic mass is 32.1. The van der Waals surface area contributed by atoms with Gasteiger partial charge in [0.1, 0.15) is 11.6 Å². The number of carbonyl (C=O) groups excluding carboxylic acids is 2. The Balaban J connectivity index is 1.49. The third kappa shape index (κ3) is 4.39. The summed E-state index contributed by atoms with van der Waals surface area (Å²) in [5, 5.41) is 2.90. The van der Waals surface area contributed by atoms with E-state index in [1.165, 1.54) is 12.0 Å². The predicted octanol–water partition coefficient (Wildman–Crippen LogP) is 4.83. The van der Waals surface area contributed by atoms with Gasteiger partial charge in [-0.1, -0.05) is 43.3 Å². The highest BCUT2D eigenvalue weighted by Gasteiger charge is 2.41. The first-order chi connectivity index (χ1) is 15.1. The zero-order valence-electron chi connectivity index (χ0n) is 17.2. The maximum Gasteiger partial charge on any atom is 0.418 e. The van der Waals surface area contributed by atoms with E-state index in [9.17, 15) is 9.59 Å². The van der Waals surface area contributed by atoms with Gasteiger partial charge in [-0.3, -0.25) is 4.90 Å². The minimum atomic E-state index is -0.776. The van der Waals surface area contributed by atoms with Crippen LogP contribution in [0.15, 0.2) is 53.9 Å². The van der Waals surface area contributed by atoms with E-state index in [0.29, 0.717) is 23.6 Å². The van der Waals surface area contributed by atoms with Crippen molar-refractivity contribution in [1.82, 2.24) is 9.88 Å². The Morgan fingerprint density at radius 1 is 1.13 bits per heavy atom. The van der Waals surface area contributed by atoms with Crippen molar-refractivity contribution >= 4 is 23.4 Å². The highest BCUT2D eigenvalue weighted by Crippen LogP contribution is 2.36. The summed E-state index contributed by atoms with van der Waals surface area (Å²) in [6.07, 6.45) is 0.101. The van der Waals surface area contributed by atoms with E-state index < -0.39 is 18.1 Å². The molecule has 1 aliphatic heterocycles. The Bertz CT molecular complexity index is 1080. The molecule has 1 atom stereocenters. The van der Waals surface area contributed by atoms with Gasteiger partial charge in [0.15, 0.2) is 17.5 Å². The average molecular weight is 439 g/mol. The topological polar surface area (TPSA) is 78.0 Å². The molecule has 0 radical (unpaired) electrons. The summed E-state index contributed by atoms with van der Waals surface area (Å²) in [6, 6.07) is 14.4. The van der Waals surface area contributed by atoms with Crippen molar-refractivity contribution in [2.75, 3.05) is 13.7 Å². The molecule has 160 valence electrons. The summed E-state index contributed by atoms with van der Waals surface area (Å²) in [7, 11) is 1.53. The molecule has 0 bridgehead atoms. The van der Waals surface area contributed by atoms with Crippen LogP contribution in [0, 0.1) is 0 Å². The van der Waals surface area contributed by atoms with E-state index in [2.05, 4.69) is 4.98 Å². The third-order valence-corrected chi connectivity index (χ3v) is 5.81. The van der Waals surface area contributed by atoms with Crippen molar-refractivity contribution in [3.63, 3.8) is 0 Å². The number of hydrogen-bond donors (Lipinski definition) is 0. The van der Waals surface area contributed by atoms with Gasteiger partial charge in [0.2, 0.25) is 0 Å². The van der Waals surface area contributed by atoms with Gasteiger partial charge in [-0.05, 0) is 24.1 Å². The number of thiazole rings is 1. The predicted molar refractivity (Wildman–Crippen MR) is 116 cm³/mol. The molecule has 7 nitrogen and oxygen atoms in total. The first-order valence-electron chi connectivity index (χ1n) is 9.93. The summed E-state index contributed by atoms with van der Waals surface area (Å²) in [6.45, 7) is 2.65. The molecule has 0 spiro atoms. The number of methoxy groups -OCH3 is 1. The molecule has 0 saturated carbocycles. The molecule has 0 aliphatic carbocycles. The molecule has 31 heavy (non-hydrogen) atoms. The Hall–Kier alpha value is -3.39. The number of amides is 1. The van der Waals surface area contributed by atoms with Crippen LogP contribution in [0.25, 0.3) is 10.6 Å². The highest BCUT2D eigenvalue weighted by molar-refractivity contribution is 7.13. The van der Waals surface area contributed by atoms with Crippen LogP contribution in [0.2, 0.25) is 0 Å². The van der Waals surface area contributed by atoms with Crippen molar-refractivity contribution in [2.45, 2.75) is 26.0 Å². The summed E-state index contributed by atoms with van der Waals surface area (Å²) in [4.78, 5) is 30.2. The first kappa shape index (κ1) is 20.9. The number of nitrogens with zero attached hydrogens (tertiary/aromatic N) is 2. The molecule has 3 aromatic rings. The number of carbonyl (C=O) groups is 2. The van der Waals surface area contributed by atoms with E-state index in [0.717, 1.165) is 22.7 Å². The number of aromatic nitrogens is 1. The van der Waals surface area contributed by atoms with Crippen LogP contribution in [0.4, 0.5) is 4.79 Å². The van der Waals surface area contributed by atoms with Crippen molar-refractivity contribution in [2.24, 2.45) is 0 Å². The Morgan fingerprint density at radius 2 is 1.94 bits per heavy atom. The molecule has 1 saturated heterocycles. The summed E-state index contributed by atoms with van der Waals surface area (Å²) >= 11 is 1.56. The van der Waals surface area contributed by atoms with Gasteiger partial charge < -0.3 is 14.2 Å². The molecule has 2 heterocycles. The Labute approximate surface area is 184 Å². The van der Waals surface area contributed by atoms with Crippen molar-refractivity contribution in [1.29, 1.82) is 0 Å². The van der Waals surface area contributed by atoms with Crippen molar-refractivity contribution < 1.29 is 23.8 Å². The van der Waals surface area contributed by atoms with Crippen LogP contribution < -0.4 is 9.47 Å². The van der Waals surface area contributed by atoms with Gasteiger partial charge in [-0.15, -0.1) is 11.3 Å². The van der Waals surface area contributed by atoms with Gasteiger partial charge in [-0.2, -0.15) is 0 Å². The zero-order valence-corrected chi connectivity index (χ0v) is 18.1. The molecule has 1 aliphatic rings. The molecule has 4 rings (SSSR count). The third-order valence-electron chi connectivity index (χ3n) is 4.87. The van der Waals surface area contributed by atoms with Crippen LogP contribution >= 0.6 is 11.3 Å². The zero-order chi connectivity index (χ0) is 21.8. The van der Waals surface area contributed by atoms with Gasteiger partial charge in [0.25, 0.3) is 0 Å². The fraction of sp³-hybridized carbons (Fsp3) is 0.261. The van der Waals surface area contributed by atoms with Crippen LogP contribution in [0.5, 0.6) is 11.5 Å². The van der Waals surface area contributed by atoms with Gasteiger partial charge >= 0.3 is 12.1 Å². The monoisotopic (exact) mass is 438 g/mol. The molecule has 0 N–H and O–H groups in total. The fourth-order valence-corrected chi connectivity index (χ4v) is 4.23. The van der Waals surface area contributed by atoms with E-state index in [1.54, 1.807) is 29.5 Å². The van der Waals surface area contributed by atoms with E-state index in [1.807, 2.05) is 42.6 Å². The molecule has 1 unspecified atom stereocenters. The fourth-order valence-electron chi connectivity index (χ4n) is 3.42. The number of esters is 1. The minimum absolute atomic E-state index is 0.283. The molecule has 1 fully saturated rings. The lowest BCUT2D eigenvalue weighted by Gasteiger charge is -2.20. The molecular formula is C23H22N2O5S. The van der Waals surface area contributed by atoms with Gasteiger partial charge in [0.05, 0.1) is 12.8 Å². The molecule has 2 aromatic carbocycles. The molecular weight excluding hydrogens is 416 g/mol. The maximum absolute atomic E-state index is 12.2. The Morgan fingerprint density at radius 3 is 2.68 bits per heavy atom. The maximum atomic E-state index is 12.2. The lowest BCUT2D eigenvalue weighted by atomic mass is 10.1. The second-order valence-corrected chi connectivity index (χ2v) is 7.85. The average Bonchev–Trinajstić information content (AvgIpc) is 3.37. The normalized spacial score (nSPS) is 15.8. The molecule has 1 amide bonds. The second-order valence-electron chi connectivity index (χ2n) is 6.99. The number of cyclic esters (lactones) is 2. The van der Waals surface area contributed by atoms with Crippen LogP contribution in [-0.2, 0) is 16.1 Å². The van der Waals surface area contributed by atoms with Gasteiger partial charge in [0, 0.05) is 17.5 Å². The standard InChI is InChI=1S/C23H22N2O5S/c1-3-11-25-20(22(26)30-23(25)27)16-9-10-18(19(12-16)28-2)29-13-17-14-31-21(24-17)15-7-5-4-6-8-15/h4-10,12,14,20H,3,11,13H2,1-2H3. The SMILES string of the molecule is CCCN1C(=O)OC(=O)C1c1ccc(OCc2csc(-c3ccccc3)n2)c(OC)c1. The number of ether oxygens (including phenoxy) is 3. The van der Waals surface area contributed by atoms with E-state index >= 15 is 0 Å². The van der Waals surface area contributed by atoms with Crippen molar-refractivity contribution in [3.8, 4) is 22.1 Å². The second kappa shape index (κ2) is 9.18. The lowest BCUT2D eigenvalue weighted by molar-refractivity contribution is -0.136. The first-order valence-corrected chi connectivity index (χ1v) is 10.8. The smallest absolute Gasteiger partial charge is 0.418 e. The van der Waals surface area contributed by atoms with E-state index in [-0.39, 0.29) is 6.61 Å². The van der Waals surface area contributed by atoms with Crippen LogP contribution in [0.3, 0.4) is 0 Å². The van der Waals surface area contributed by atoms with E-state index in [4.69, 9.17) is 14.2 Å². The van der Waals surface area contributed by atoms with Crippen LogP contribution in [0.1, 0.15) is 30.6 Å². The quantitative estimate of drug-likeness (QED) is 0.370. The largest absolute Gasteiger partial charge is 0.493 e. The number of benzene rings is 2. The number of hydrogen-bond acceptors (Lipinski definition) is 7. The van der Waals surface area contributed by atoms with Gasteiger partial charge in [-0.25, -0.2) is 14.6 Å². The summed E-state index contributed by atoms with van der Waals surface area (Å²) in [5.74, 6) is 0.421. The Kier molecular flexibility index (Phi) is 6.18. The summed E-state index contributed by atoms with van der Waals surface area (Å²) in [5.41, 5.74) is 2.50. The minimum Gasteiger partial charge on any atom is -0.493 e. The number of rotatable bonds is 8. The van der Waals surface area contributed by atoms with Crippen molar-refractivity contribution in [3.05, 3.63) is 65.2 Å². The molecule has 8 heteroatoms. The summed E-state index contributed by atoms with van der Waals surface area (Å²) < 4.78 is 16.2. The van der Waals surface area contributed by atoms with Crippen LogP contribution in [-0.4, -0.2) is 35.6 Å². The lowest BCUT2D eigenvalue weighted by Crippen LogP contribution is -2.29. The molecule has 1 aromatic heterocycles.